The Labute approximate surface area is 160 Å². The maximum atomic E-state index is 12.8. The number of oxime groups is 1. The summed E-state index contributed by atoms with van der Waals surface area (Å²) in [5, 5.41) is 6.77. The van der Waals surface area contributed by atoms with E-state index in [0.29, 0.717) is 10.7 Å². The average Bonchev–Trinajstić information content (AvgIpc) is 3.05. The number of fused-ring (bicyclic) bond motifs is 1. The van der Waals surface area contributed by atoms with E-state index < -0.39 is 11.5 Å². The number of aromatic nitrogens is 2. The van der Waals surface area contributed by atoms with Crippen molar-refractivity contribution >= 4 is 44.8 Å². The molecular formula is C19H18N4O3S. The Hall–Kier alpha value is -3.13. The van der Waals surface area contributed by atoms with E-state index in [9.17, 15) is 9.59 Å². The van der Waals surface area contributed by atoms with Crippen molar-refractivity contribution in [1.29, 1.82) is 0 Å². The summed E-state index contributed by atoms with van der Waals surface area (Å²) in [4.78, 5) is 38.1. The SMILES string of the molecule is CC(C)(C)C(=O)C(=NOC(=O)Nc1ccncc1)c1nc2ccccc2s1. The highest BCUT2D eigenvalue weighted by molar-refractivity contribution is 7.21. The van der Waals surface area contributed by atoms with Crippen molar-refractivity contribution < 1.29 is 14.4 Å². The fraction of sp³-hybridized carbons (Fsp3) is 0.211. The molecule has 2 heterocycles. The summed E-state index contributed by atoms with van der Waals surface area (Å²) in [5.74, 6) is -0.265. The minimum Gasteiger partial charge on any atom is -0.297 e. The molecule has 0 spiro atoms. The molecule has 0 unspecified atom stereocenters. The molecule has 27 heavy (non-hydrogen) atoms. The zero-order chi connectivity index (χ0) is 19.4. The summed E-state index contributed by atoms with van der Waals surface area (Å²) >= 11 is 1.32. The number of hydrogen-bond donors (Lipinski definition) is 1. The maximum Gasteiger partial charge on any atom is 0.437 e. The van der Waals surface area contributed by atoms with Gasteiger partial charge in [0.25, 0.3) is 0 Å². The molecule has 0 aliphatic carbocycles. The van der Waals surface area contributed by atoms with Crippen LogP contribution in [0.25, 0.3) is 10.2 Å². The summed E-state index contributed by atoms with van der Waals surface area (Å²) < 4.78 is 0.920. The summed E-state index contributed by atoms with van der Waals surface area (Å²) in [6, 6.07) is 10.7. The molecule has 0 bridgehead atoms. The second kappa shape index (κ2) is 7.63. The van der Waals surface area contributed by atoms with Crippen LogP contribution in [0.5, 0.6) is 0 Å². The van der Waals surface area contributed by atoms with Crippen LogP contribution in [0.2, 0.25) is 0 Å². The van der Waals surface area contributed by atoms with Crippen molar-refractivity contribution in [1.82, 2.24) is 9.97 Å². The average molecular weight is 382 g/mol. The fourth-order valence-electron chi connectivity index (χ4n) is 2.17. The van der Waals surface area contributed by atoms with Crippen molar-refractivity contribution in [3.8, 4) is 0 Å². The monoisotopic (exact) mass is 382 g/mol. The van der Waals surface area contributed by atoms with Crippen molar-refractivity contribution in [3.63, 3.8) is 0 Å². The van der Waals surface area contributed by atoms with Gasteiger partial charge in [-0.05, 0) is 24.3 Å². The number of rotatable bonds is 4. The second-order valence-electron chi connectivity index (χ2n) is 6.75. The first-order valence-corrected chi connectivity index (χ1v) is 9.03. The molecule has 0 saturated heterocycles. The highest BCUT2D eigenvalue weighted by Gasteiger charge is 2.30. The molecule has 3 aromatic rings. The zero-order valence-corrected chi connectivity index (χ0v) is 15.9. The number of nitrogens with one attached hydrogen (secondary N) is 1. The molecule has 8 heteroatoms. The number of amides is 1. The van der Waals surface area contributed by atoms with Crippen LogP contribution in [0, 0.1) is 5.41 Å². The van der Waals surface area contributed by atoms with E-state index in [1.54, 1.807) is 32.9 Å². The molecule has 2 aromatic heterocycles. The molecule has 0 saturated carbocycles. The zero-order valence-electron chi connectivity index (χ0n) is 15.1. The number of carbonyl (C=O) groups is 2. The topological polar surface area (TPSA) is 93.5 Å². The third kappa shape index (κ3) is 4.53. The first-order valence-electron chi connectivity index (χ1n) is 8.21. The number of nitrogens with zero attached hydrogens (tertiary/aromatic N) is 3. The van der Waals surface area contributed by atoms with Gasteiger partial charge in [-0.25, -0.2) is 9.78 Å². The number of thiazole rings is 1. The molecule has 1 aromatic carbocycles. The number of carbonyl (C=O) groups excluding carboxylic acids is 2. The van der Waals surface area contributed by atoms with Gasteiger partial charge in [-0.15, -0.1) is 11.3 Å². The molecule has 0 aliphatic heterocycles. The highest BCUT2D eigenvalue weighted by atomic mass is 32.1. The van der Waals surface area contributed by atoms with Gasteiger partial charge in [0, 0.05) is 23.5 Å². The van der Waals surface area contributed by atoms with Crippen LogP contribution in [0.4, 0.5) is 10.5 Å². The molecule has 1 N–H and O–H groups in total. The lowest BCUT2D eigenvalue weighted by Crippen LogP contribution is -2.30. The minimum absolute atomic E-state index is 0.0218. The van der Waals surface area contributed by atoms with E-state index in [1.165, 1.54) is 23.7 Å². The summed E-state index contributed by atoms with van der Waals surface area (Å²) in [6.07, 6.45) is 2.27. The lowest BCUT2D eigenvalue weighted by Gasteiger charge is -2.16. The number of hydrogen-bond acceptors (Lipinski definition) is 7. The van der Waals surface area contributed by atoms with E-state index in [2.05, 4.69) is 20.4 Å². The highest BCUT2D eigenvalue weighted by Crippen LogP contribution is 2.26. The van der Waals surface area contributed by atoms with Crippen molar-refractivity contribution in [2.75, 3.05) is 5.32 Å². The smallest absolute Gasteiger partial charge is 0.297 e. The van der Waals surface area contributed by atoms with Crippen LogP contribution in [0.15, 0.2) is 53.9 Å². The quantitative estimate of drug-likeness (QED) is 0.413. The normalized spacial score (nSPS) is 12.0. The molecule has 0 fully saturated rings. The Balaban J connectivity index is 1.88. The summed E-state index contributed by atoms with van der Waals surface area (Å²) in [5.41, 5.74) is 0.581. The lowest BCUT2D eigenvalue weighted by molar-refractivity contribution is -0.119. The van der Waals surface area contributed by atoms with Crippen LogP contribution < -0.4 is 5.32 Å². The minimum atomic E-state index is -0.804. The first kappa shape index (κ1) is 18.7. The Kier molecular flexibility index (Phi) is 5.27. The lowest BCUT2D eigenvalue weighted by atomic mass is 9.88. The van der Waals surface area contributed by atoms with Gasteiger partial charge in [0.1, 0.15) is 5.01 Å². The molecule has 7 nitrogen and oxygen atoms in total. The van der Waals surface area contributed by atoms with Crippen LogP contribution in [-0.2, 0) is 9.63 Å². The van der Waals surface area contributed by atoms with Crippen molar-refractivity contribution in [3.05, 3.63) is 53.8 Å². The number of Topliss-reactive ketones (excluding diaryl/α,β-unsaturated/α-hetero) is 1. The van der Waals surface area contributed by atoms with Crippen LogP contribution in [0.1, 0.15) is 25.8 Å². The second-order valence-corrected chi connectivity index (χ2v) is 7.78. The van der Waals surface area contributed by atoms with Crippen LogP contribution >= 0.6 is 11.3 Å². The van der Waals surface area contributed by atoms with Crippen LogP contribution in [-0.4, -0.2) is 27.6 Å². The van der Waals surface area contributed by atoms with Gasteiger partial charge in [-0.2, -0.15) is 0 Å². The number of pyridine rings is 1. The van der Waals surface area contributed by atoms with E-state index in [1.807, 2.05) is 24.3 Å². The molecular weight excluding hydrogens is 364 g/mol. The van der Waals surface area contributed by atoms with Crippen LogP contribution in [0.3, 0.4) is 0 Å². The third-order valence-corrected chi connectivity index (χ3v) is 4.58. The number of para-hydroxylation sites is 1. The molecule has 1 amide bonds. The van der Waals surface area contributed by atoms with E-state index in [-0.39, 0.29) is 11.5 Å². The number of anilines is 1. The Morgan fingerprint density at radius 3 is 2.48 bits per heavy atom. The predicted octanol–water partition coefficient (Wildman–Crippen LogP) is 4.26. The standard InChI is InChI=1S/C19H18N4O3S/c1-19(2,3)16(24)15(17-22-13-6-4-5-7-14(13)27-17)23-26-18(25)21-12-8-10-20-11-9-12/h4-11H,1-3H3,(H,20,21,25). The Morgan fingerprint density at radius 2 is 1.81 bits per heavy atom. The molecule has 0 radical (unpaired) electrons. The summed E-state index contributed by atoms with van der Waals surface area (Å²) in [7, 11) is 0. The Morgan fingerprint density at radius 1 is 1.11 bits per heavy atom. The third-order valence-electron chi connectivity index (χ3n) is 3.54. The van der Waals surface area contributed by atoms with E-state index in [0.717, 1.165) is 10.2 Å². The fourth-order valence-corrected chi connectivity index (χ4v) is 3.11. The molecule has 3 rings (SSSR count). The van der Waals surface area contributed by atoms with Gasteiger partial charge >= 0.3 is 6.09 Å². The van der Waals surface area contributed by atoms with Gasteiger partial charge in [-0.1, -0.05) is 38.1 Å². The van der Waals surface area contributed by atoms with Gasteiger partial charge in [0.2, 0.25) is 0 Å². The number of ketones is 1. The van der Waals surface area contributed by atoms with Gasteiger partial charge in [-0.3, -0.25) is 19.9 Å². The predicted molar refractivity (Wildman–Crippen MR) is 105 cm³/mol. The largest absolute Gasteiger partial charge is 0.437 e. The number of benzene rings is 1. The first-order chi connectivity index (χ1) is 12.8. The maximum absolute atomic E-state index is 12.8. The van der Waals surface area contributed by atoms with Crippen molar-refractivity contribution in [2.45, 2.75) is 20.8 Å². The summed E-state index contributed by atoms with van der Waals surface area (Å²) in [6.45, 7) is 5.32. The van der Waals surface area contributed by atoms with Gasteiger partial charge in [0.05, 0.1) is 10.2 Å². The van der Waals surface area contributed by atoms with Crippen molar-refractivity contribution in [2.24, 2.45) is 10.6 Å². The molecule has 0 aliphatic rings. The molecule has 138 valence electrons. The molecule has 0 atom stereocenters. The van der Waals surface area contributed by atoms with Gasteiger partial charge in [0.15, 0.2) is 11.5 Å². The van der Waals surface area contributed by atoms with E-state index in [4.69, 9.17) is 4.84 Å². The Bertz CT molecular complexity index is 973. The van der Waals surface area contributed by atoms with E-state index >= 15 is 0 Å². The van der Waals surface area contributed by atoms with Gasteiger partial charge < -0.3 is 0 Å².